The third kappa shape index (κ3) is 5.42. The van der Waals surface area contributed by atoms with Gasteiger partial charge in [0.25, 0.3) is 0 Å². The Hall–Kier alpha value is -2.90. The van der Waals surface area contributed by atoms with E-state index in [1.165, 1.54) is 10.4 Å². The van der Waals surface area contributed by atoms with Gasteiger partial charge in [-0.25, -0.2) is 31.5 Å². The number of piperidine rings is 1. The maximum atomic E-state index is 14.0. The highest BCUT2D eigenvalue weighted by Gasteiger charge is 2.29. The van der Waals surface area contributed by atoms with Crippen LogP contribution >= 0.6 is 11.3 Å². The Morgan fingerprint density at radius 2 is 1.94 bits per heavy atom. The number of nitrogens with one attached hydrogen (secondary N) is 1. The van der Waals surface area contributed by atoms with Crippen molar-refractivity contribution >= 4 is 38.1 Å². The lowest BCUT2D eigenvalue weighted by Crippen LogP contribution is -2.43. The normalized spacial score (nSPS) is 15.5. The molecule has 0 bridgehead atoms. The molecule has 3 aromatic rings. The lowest BCUT2D eigenvalue weighted by Gasteiger charge is -2.31. The van der Waals surface area contributed by atoms with Gasteiger partial charge >= 0.3 is 0 Å². The first-order valence-corrected chi connectivity index (χ1v) is 13.1. The smallest absolute Gasteiger partial charge is 0.214 e. The van der Waals surface area contributed by atoms with Crippen LogP contribution in [-0.4, -0.2) is 57.9 Å². The van der Waals surface area contributed by atoms with E-state index in [4.69, 9.17) is 5.73 Å². The zero-order chi connectivity index (χ0) is 24.3. The summed E-state index contributed by atoms with van der Waals surface area (Å²) in [5.74, 6) is -2.85. The van der Waals surface area contributed by atoms with Crippen LogP contribution < -0.4 is 11.1 Å². The number of nitrogen functional groups attached to an aromatic ring is 1. The van der Waals surface area contributed by atoms with Gasteiger partial charge in [-0.2, -0.15) is 0 Å². The van der Waals surface area contributed by atoms with Gasteiger partial charge in [-0.1, -0.05) is 17.4 Å². The highest BCUT2D eigenvalue weighted by molar-refractivity contribution is 7.89. The van der Waals surface area contributed by atoms with E-state index in [-0.39, 0.29) is 22.5 Å². The lowest BCUT2D eigenvalue weighted by molar-refractivity contribution is 0.103. The lowest BCUT2D eigenvalue weighted by atomic mass is 10.1. The molecule has 2 aromatic heterocycles. The largest absolute Gasteiger partial charge is 0.382 e. The molecule has 0 radical (unpaired) electrons. The minimum Gasteiger partial charge on any atom is -0.382 e. The highest BCUT2D eigenvalue weighted by atomic mass is 32.2. The molecule has 0 aliphatic carbocycles. The standard InChI is InChI=1S/C21H24F2N6O3S2/c22-15-3-1-4-16(23)17(15)18(30)19-20(24)27-21(33-19)26-14-5-9-29(10-6-14)34(31,32)12-2-8-28-11-7-25-13-28/h1,3-4,7,11,13-14H,2,5-6,8-10,12,24H2,(H,26,27). The first-order valence-electron chi connectivity index (χ1n) is 10.7. The number of anilines is 2. The zero-order valence-electron chi connectivity index (χ0n) is 18.2. The summed E-state index contributed by atoms with van der Waals surface area (Å²) in [5.41, 5.74) is 5.18. The van der Waals surface area contributed by atoms with Crippen molar-refractivity contribution in [3.8, 4) is 0 Å². The topological polar surface area (TPSA) is 123 Å². The van der Waals surface area contributed by atoms with Crippen LogP contribution in [0.15, 0.2) is 36.9 Å². The van der Waals surface area contributed by atoms with Gasteiger partial charge in [0.05, 0.1) is 17.6 Å². The molecule has 13 heteroatoms. The van der Waals surface area contributed by atoms with Gasteiger partial charge in [-0.05, 0) is 31.4 Å². The Morgan fingerprint density at radius 1 is 1.24 bits per heavy atom. The molecule has 1 aromatic carbocycles. The first-order chi connectivity index (χ1) is 16.2. The van der Waals surface area contributed by atoms with Crippen molar-refractivity contribution in [1.29, 1.82) is 0 Å². The summed E-state index contributed by atoms with van der Waals surface area (Å²) >= 11 is 0.920. The van der Waals surface area contributed by atoms with Gasteiger partial charge in [0.1, 0.15) is 22.3 Å². The van der Waals surface area contributed by atoms with Crippen LogP contribution in [0.2, 0.25) is 0 Å². The van der Waals surface area contributed by atoms with E-state index in [0.717, 1.165) is 23.5 Å². The summed E-state index contributed by atoms with van der Waals surface area (Å²) in [6, 6.07) is 3.12. The van der Waals surface area contributed by atoms with Crippen LogP contribution in [-0.2, 0) is 16.6 Å². The number of hydrogen-bond donors (Lipinski definition) is 2. The molecule has 3 N–H and O–H groups in total. The molecule has 182 valence electrons. The molecule has 0 saturated carbocycles. The molecule has 0 amide bonds. The van der Waals surface area contributed by atoms with Crippen LogP contribution in [0.25, 0.3) is 0 Å². The second-order valence-electron chi connectivity index (χ2n) is 7.95. The molecule has 0 unspecified atom stereocenters. The Bertz CT molecular complexity index is 1240. The number of carbonyl (C=O) groups is 1. The predicted molar refractivity (Wildman–Crippen MR) is 125 cm³/mol. The molecule has 3 heterocycles. The fraction of sp³-hybridized carbons (Fsp3) is 0.381. The second-order valence-corrected chi connectivity index (χ2v) is 11.0. The van der Waals surface area contributed by atoms with Gasteiger partial charge in [0.2, 0.25) is 15.8 Å². The van der Waals surface area contributed by atoms with E-state index in [2.05, 4.69) is 15.3 Å². The van der Waals surface area contributed by atoms with Crippen LogP contribution in [0.1, 0.15) is 34.5 Å². The number of rotatable bonds is 9. The fourth-order valence-electron chi connectivity index (χ4n) is 3.82. The van der Waals surface area contributed by atoms with E-state index in [9.17, 15) is 22.0 Å². The van der Waals surface area contributed by atoms with Crippen molar-refractivity contribution in [2.24, 2.45) is 0 Å². The summed E-state index contributed by atoms with van der Waals surface area (Å²) in [5, 5.41) is 3.51. The van der Waals surface area contributed by atoms with Crippen molar-refractivity contribution in [3.63, 3.8) is 0 Å². The van der Waals surface area contributed by atoms with E-state index < -0.39 is 33.0 Å². The fourth-order valence-corrected chi connectivity index (χ4v) is 6.24. The number of halogens is 2. The van der Waals surface area contributed by atoms with Crippen molar-refractivity contribution in [3.05, 3.63) is 59.0 Å². The van der Waals surface area contributed by atoms with Crippen molar-refractivity contribution in [2.45, 2.75) is 31.8 Å². The van der Waals surface area contributed by atoms with Crippen LogP contribution in [0.5, 0.6) is 0 Å². The number of benzene rings is 1. The predicted octanol–water partition coefficient (Wildman–Crippen LogP) is 2.73. The number of nitrogens with zero attached hydrogens (tertiary/aromatic N) is 4. The van der Waals surface area contributed by atoms with Gasteiger partial charge in [0, 0.05) is 38.1 Å². The molecule has 1 fully saturated rings. The van der Waals surface area contributed by atoms with Crippen LogP contribution in [0.4, 0.5) is 19.7 Å². The van der Waals surface area contributed by atoms with Crippen molar-refractivity contribution < 1.29 is 22.0 Å². The number of ketones is 1. The Labute approximate surface area is 199 Å². The second kappa shape index (κ2) is 10.2. The Balaban J connectivity index is 1.32. The molecule has 0 spiro atoms. The molecule has 9 nitrogen and oxygen atoms in total. The number of aryl methyl sites for hydroxylation is 1. The SMILES string of the molecule is Nc1nc(NC2CCN(S(=O)(=O)CCCn3ccnc3)CC2)sc1C(=O)c1c(F)cccc1F. The van der Waals surface area contributed by atoms with Crippen LogP contribution in [0.3, 0.4) is 0 Å². The Kier molecular flexibility index (Phi) is 7.24. The first kappa shape index (κ1) is 24.2. The van der Waals surface area contributed by atoms with E-state index in [1.807, 2.05) is 4.57 Å². The van der Waals surface area contributed by atoms with Crippen molar-refractivity contribution in [1.82, 2.24) is 18.8 Å². The average Bonchev–Trinajstić information content (AvgIpc) is 3.43. The van der Waals surface area contributed by atoms with Gasteiger partial charge < -0.3 is 15.6 Å². The van der Waals surface area contributed by atoms with Gasteiger partial charge in [-0.3, -0.25) is 4.79 Å². The quantitative estimate of drug-likeness (QED) is 0.424. The number of sulfonamides is 1. The molecule has 1 aliphatic rings. The molecular formula is C21H24F2N6O3S2. The third-order valence-corrected chi connectivity index (χ3v) is 8.56. The minimum atomic E-state index is -3.36. The van der Waals surface area contributed by atoms with E-state index in [0.29, 0.717) is 44.0 Å². The molecular weight excluding hydrogens is 486 g/mol. The maximum Gasteiger partial charge on any atom is 0.214 e. The molecule has 1 aliphatic heterocycles. The summed E-state index contributed by atoms with van der Waals surface area (Å²) in [7, 11) is -3.36. The van der Waals surface area contributed by atoms with Crippen LogP contribution in [0, 0.1) is 11.6 Å². The average molecular weight is 511 g/mol. The number of nitrogens with two attached hydrogens (primary N) is 1. The number of carbonyl (C=O) groups excluding carboxylic acids is 1. The maximum absolute atomic E-state index is 14.0. The molecule has 4 rings (SSSR count). The van der Waals surface area contributed by atoms with E-state index in [1.54, 1.807) is 18.7 Å². The highest BCUT2D eigenvalue weighted by Crippen LogP contribution is 2.30. The van der Waals surface area contributed by atoms with Gasteiger partial charge in [0.15, 0.2) is 5.13 Å². The number of thiazole rings is 1. The van der Waals surface area contributed by atoms with Gasteiger partial charge in [-0.15, -0.1) is 0 Å². The summed E-state index contributed by atoms with van der Waals surface area (Å²) in [6.07, 6.45) is 6.69. The molecule has 34 heavy (non-hydrogen) atoms. The summed E-state index contributed by atoms with van der Waals surface area (Å²) in [6.45, 7) is 1.30. The monoisotopic (exact) mass is 510 g/mol. The zero-order valence-corrected chi connectivity index (χ0v) is 19.8. The molecule has 0 atom stereocenters. The number of aromatic nitrogens is 3. The Morgan fingerprint density at radius 3 is 2.59 bits per heavy atom. The number of hydrogen-bond acceptors (Lipinski definition) is 8. The third-order valence-electron chi connectivity index (χ3n) is 5.60. The van der Waals surface area contributed by atoms with E-state index >= 15 is 0 Å². The number of imidazole rings is 1. The summed E-state index contributed by atoms with van der Waals surface area (Å²) in [4.78, 5) is 20.6. The van der Waals surface area contributed by atoms with Crippen molar-refractivity contribution in [2.75, 3.05) is 29.9 Å². The summed E-state index contributed by atoms with van der Waals surface area (Å²) < 4.78 is 56.6. The minimum absolute atomic E-state index is 0.0515. The molecule has 1 saturated heterocycles.